The van der Waals surface area contributed by atoms with Crippen molar-refractivity contribution >= 4 is 16.1 Å². The Morgan fingerprint density at radius 2 is 1.91 bits per heavy atom. The first-order valence-electron chi connectivity index (χ1n) is 7.44. The zero-order valence-electron chi connectivity index (χ0n) is 12.6. The van der Waals surface area contributed by atoms with Crippen LogP contribution in [0.15, 0.2) is 60.1 Å². The lowest BCUT2D eigenvalue weighted by molar-refractivity contribution is 0.207. The SMILES string of the molecule is O=S(=O)(/C=C/c1ccccc1)N1CCC(Oc2ccccn2)C1. The molecule has 1 fully saturated rings. The highest BCUT2D eigenvalue weighted by Crippen LogP contribution is 2.20. The van der Waals surface area contributed by atoms with Crippen LogP contribution in [0.5, 0.6) is 5.88 Å². The van der Waals surface area contributed by atoms with Gasteiger partial charge in [-0.25, -0.2) is 13.4 Å². The third-order valence-electron chi connectivity index (χ3n) is 3.62. The van der Waals surface area contributed by atoms with Crippen molar-refractivity contribution in [1.29, 1.82) is 0 Å². The van der Waals surface area contributed by atoms with Crippen LogP contribution in [0.3, 0.4) is 0 Å². The second-order valence-corrected chi connectivity index (χ2v) is 7.13. The molecule has 1 aliphatic rings. The van der Waals surface area contributed by atoms with Crippen LogP contribution in [0.25, 0.3) is 6.08 Å². The topological polar surface area (TPSA) is 59.5 Å². The Morgan fingerprint density at radius 1 is 1.13 bits per heavy atom. The molecule has 1 unspecified atom stereocenters. The van der Waals surface area contributed by atoms with Crippen LogP contribution in [0.4, 0.5) is 0 Å². The number of ether oxygens (including phenoxy) is 1. The van der Waals surface area contributed by atoms with E-state index >= 15 is 0 Å². The Bertz CT molecular complexity index is 761. The summed E-state index contributed by atoms with van der Waals surface area (Å²) in [7, 11) is -3.43. The third-order valence-corrected chi connectivity index (χ3v) is 5.16. The van der Waals surface area contributed by atoms with Crippen molar-refractivity contribution in [2.75, 3.05) is 13.1 Å². The maximum absolute atomic E-state index is 12.4. The highest BCUT2D eigenvalue weighted by Gasteiger charge is 2.31. The average Bonchev–Trinajstić information content (AvgIpc) is 3.04. The van der Waals surface area contributed by atoms with Gasteiger partial charge in [0.25, 0.3) is 0 Å². The Balaban J connectivity index is 1.62. The molecule has 0 amide bonds. The molecule has 0 N–H and O–H groups in total. The van der Waals surface area contributed by atoms with Crippen molar-refractivity contribution in [3.05, 3.63) is 65.7 Å². The lowest BCUT2D eigenvalue weighted by Crippen LogP contribution is -2.29. The van der Waals surface area contributed by atoms with Crippen LogP contribution < -0.4 is 4.74 Å². The lowest BCUT2D eigenvalue weighted by atomic mass is 10.2. The van der Waals surface area contributed by atoms with E-state index in [0.717, 1.165) is 5.56 Å². The van der Waals surface area contributed by atoms with Crippen LogP contribution >= 0.6 is 0 Å². The third kappa shape index (κ3) is 4.18. The summed E-state index contributed by atoms with van der Waals surface area (Å²) in [4.78, 5) is 4.10. The fraction of sp³-hybridized carbons (Fsp3) is 0.235. The minimum absolute atomic E-state index is 0.162. The molecule has 0 spiro atoms. The number of hydrogen-bond donors (Lipinski definition) is 0. The number of pyridine rings is 1. The summed E-state index contributed by atoms with van der Waals surface area (Å²) in [6.45, 7) is 0.803. The number of rotatable bonds is 5. The summed E-state index contributed by atoms with van der Waals surface area (Å²) in [5.41, 5.74) is 0.858. The van der Waals surface area contributed by atoms with E-state index in [1.54, 1.807) is 18.3 Å². The van der Waals surface area contributed by atoms with Crippen molar-refractivity contribution in [2.45, 2.75) is 12.5 Å². The molecule has 120 valence electrons. The van der Waals surface area contributed by atoms with Crippen molar-refractivity contribution in [3.63, 3.8) is 0 Å². The molecular formula is C17H18N2O3S. The van der Waals surface area contributed by atoms with E-state index < -0.39 is 10.0 Å². The molecule has 0 saturated carbocycles. The van der Waals surface area contributed by atoms with Crippen molar-refractivity contribution in [2.24, 2.45) is 0 Å². The first kappa shape index (κ1) is 15.7. The molecule has 3 rings (SSSR count). The molecule has 1 aromatic heterocycles. The van der Waals surface area contributed by atoms with Gasteiger partial charge in [0, 0.05) is 24.2 Å². The lowest BCUT2D eigenvalue weighted by Gasteiger charge is -2.14. The summed E-state index contributed by atoms with van der Waals surface area (Å²) in [5.74, 6) is 0.525. The van der Waals surface area contributed by atoms with Gasteiger partial charge in [0.1, 0.15) is 6.10 Å². The smallest absolute Gasteiger partial charge is 0.236 e. The molecule has 6 heteroatoms. The van der Waals surface area contributed by atoms with Crippen LogP contribution in [-0.4, -0.2) is 36.9 Å². The van der Waals surface area contributed by atoms with E-state index in [1.165, 1.54) is 9.71 Å². The van der Waals surface area contributed by atoms with Gasteiger partial charge in [0.2, 0.25) is 15.9 Å². The summed E-state index contributed by atoms with van der Waals surface area (Å²) >= 11 is 0. The minimum atomic E-state index is -3.43. The molecule has 2 aromatic rings. The van der Waals surface area contributed by atoms with Gasteiger partial charge < -0.3 is 4.74 Å². The molecule has 1 aliphatic heterocycles. The van der Waals surface area contributed by atoms with Gasteiger partial charge >= 0.3 is 0 Å². The number of aromatic nitrogens is 1. The largest absolute Gasteiger partial charge is 0.473 e. The molecule has 0 bridgehead atoms. The van der Waals surface area contributed by atoms with Gasteiger partial charge in [-0.3, -0.25) is 0 Å². The molecule has 23 heavy (non-hydrogen) atoms. The van der Waals surface area contributed by atoms with Crippen LogP contribution in [0.1, 0.15) is 12.0 Å². The first-order valence-corrected chi connectivity index (χ1v) is 8.95. The Kier molecular flexibility index (Phi) is 4.73. The Hall–Kier alpha value is -2.18. The molecule has 5 nitrogen and oxygen atoms in total. The molecule has 1 aromatic carbocycles. The molecule has 0 aliphatic carbocycles. The van der Waals surface area contributed by atoms with Crippen LogP contribution in [0, 0.1) is 0 Å². The van der Waals surface area contributed by atoms with Gasteiger partial charge in [0.15, 0.2) is 0 Å². The summed E-state index contributed by atoms with van der Waals surface area (Å²) < 4.78 is 31.9. The van der Waals surface area contributed by atoms with Crippen LogP contribution in [-0.2, 0) is 10.0 Å². The van der Waals surface area contributed by atoms with Crippen molar-refractivity contribution in [1.82, 2.24) is 9.29 Å². The minimum Gasteiger partial charge on any atom is -0.473 e. The summed E-state index contributed by atoms with van der Waals surface area (Å²) in [6, 6.07) is 14.8. The fourth-order valence-electron chi connectivity index (χ4n) is 2.43. The number of sulfonamides is 1. The predicted molar refractivity (Wildman–Crippen MR) is 89.2 cm³/mol. The highest BCUT2D eigenvalue weighted by molar-refractivity contribution is 7.92. The second kappa shape index (κ2) is 6.93. The van der Waals surface area contributed by atoms with Gasteiger partial charge in [-0.1, -0.05) is 36.4 Å². The monoisotopic (exact) mass is 330 g/mol. The van der Waals surface area contributed by atoms with Crippen LogP contribution in [0.2, 0.25) is 0 Å². The highest BCUT2D eigenvalue weighted by atomic mass is 32.2. The van der Waals surface area contributed by atoms with E-state index in [1.807, 2.05) is 42.5 Å². The van der Waals surface area contributed by atoms with E-state index in [0.29, 0.717) is 25.4 Å². The summed E-state index contributed by atoms with van der Waals surface area (Å²) in [5, 5.41) is 1.26. The van der Waals surface area contributed by atoms with Crippen molar-refractivity contribution in [3.8, 4) is 5.88 Å². The predicted octanol–water partition coefficient (Wildman–Crippen LogP) is 2.54. The molecule has 2 heterocycles. The van der Waals surface area contributed by atoms with Gasteiger partial charge in [-0.05, 0) is 24.1 Å². The fourth-order valence-corrected chi connectivity index (χ4v) is 3.66. The van der Waals surface area contributed by atoms with Gasteiger partial charge in [-0.2, -0.15) is 4.31 Å². The number of nitrogens with zero attached hydrogens (tertiary/aromatic N) is 2. The van der Waals surface area contributed by atoms with Gasteiger partial charge in [0.05, 0.1) is 6.54 Å². The number of benzene rings is 1. The summed E-state index contributed by atoms with van der Waals surface area (Å²) in [6.07, 6.45) is 3.77. The Morgan fingerprint density at radius 3 is 2.65 bits per heavy atom. The Labute approximate surface area is 136 Å². The first-order chi connectivity index (χ1) is 11.1. The standard InChI is InChI=1S/C17H18N2O3S/c20-23(21,13-10-15-6-2-1-3-7-15)19-12-9-16(14-19)22-17-8-4-5-11-18-17/h1-8,10-11,13,16H,9,12,14H2/b13-10+. The van der Waals surface area contributed by atoms with E-state index in [4.69, 9.17) is 4.74 Å². The maximum atomic E-state index is 12.4. The number of hydrogen-bond acceptors (Lipinski definition) is 4. The zero-order valence-corrected chi connectivity index (χ0v) is 13.4. The molecular weight excluding hydrogens is 312 g/mol. The normalized spacial score (nSPS) is 19.2. The van der Waals surface area contributed by atoms with Crippen molar-refractivity contribution < 1.29 is 13.2 Å². The quantitative estimate of drug-likeness (QED) is 0.845. The molecule has 0 radical (unpaired) electrons. The molecule has 1 saturated heterocycles. The van der Waals surface area contributed by atoms with Gasteiger partial charge in [-0.15, -0.1) is 0 Å². The van der Waals surface area contributed by atoms with E-state index in [-0.39, 0.29) is 6.10 Å². The molecule has 1 atom stereocenters. The maximum Gasteiger partial charge on any atom is 0.236 e. The van der Waals surface area contributed by atoms with E-state index in [9.17, 15) is 8.42 Å². The average molecular weight is 330 g/mol. The van der Waals surface area contributed by atoms with E-state index in [2.05, 4.69) is 4.98 Å². The zero-order chi connectivity index (χ0) is 16.1. The second-order valence-electron chi connectivity index (χ2n) is 5.31.